The molecule has 2 fully saturated rings. The molecule has 0 radical (unpaired) electrons. The largest absolute Gasteiger partial charge is 0.300 e. The van der Waals surface area contributed by atoms with Crippen molar-refractivity contribution in [3.63, 3.8) is 0 Å². The van der Waals surface area contributed by atoms with Crippen LogP contribution in [0.4, 0.5) is 4.39 Å². The fourth-order valence-corrected chi connectivity index (χ4v) is 4.47. The summed E-state index contributed by atoms with van der Waals surface area (Å²) in [6.07, 6.45) is 7.36. The number of halogens is 1. The van der Waals surface area contributed by atoms with Gasteiger partial charge < -0.3 is 0 Å². The lowest BCUT2D eigenvalue weighted by Gasteiger charge is -2.30. The van der Waals surface area contributed by atoms with Crippen LogP contribution in [-0.4, -0.2) is 10.8 Å². The Labute approximate surface area is 129 Å². The first-order valence-corrected chi connectivity index (χ1v) is 8.14. The maximum atomic E-state index is 13.6. The summed E-state index contributed by atoms with van der Waals surface area (Å²) in [5.41, 5.74) is 2.39. The molecule has 0 N–H and O–H groups in total. The second-order valence-corrected chi connectivity index (χ2v) is 7.07. The standard InChI is InChI=1S/C19H20FNO/c1-12(22)17-11-19(17)7-4-13(5-8-19)15-6-9-21-18-3-2-14(20)10-16(15)18/h2-3,6,9-10,13,17H,4-5,7-8,11H2,1H3. The van der Waals surface area contributed by atoms with Gasteiger partial charge in [-0.3, -0.25) is 9.78 Å². The van der Waals surface area contributed by atoms with Crippen molar-refractivity contribution >= 4 is 16.7 Å². The molecule has 1 unspecified atom stereocenters. The van der Waals surface area contributed by atoms with Gasteiger partial charge in [0.2, 0.25) is 0 Å². The molecule has 2 aliphatic rings. The summed E-state index contributed by atoms with van der Waals surface area (Å²) >= 11 is 0. The lowest BCUT2D eigenvalue weighted by Crippen LogP contribution is -2.18. The van der Waals surface area contributed by atoms with Gasteiger partial charge in [0.1, 0.15) is 11.6 Å². The highest BCUT2D eigenvalue weighted by Gasteiger charge is 2.57. The van der Waals surface area contributed by atoms with Gasteiger partial charge in [0, 0.05) is 17.5 Å². The quantitative estimate of drug-likeness (QED) is 0.809. The van der Waals surface area contributed by atoms with E-state index >= 15 is 0 Å². The van der Waals surface area contributed by atoms with Gasteiger partial charge in [0.05, 0.1) is 5.52 Å². The average molecular weight is 297 g/mol. The van der Waals surface area contributed by atoms with Crippen molar-refractivity contribution in [3.05, 3.63) is 41.8 Å². The number of nitrogens with zero attached hydrogens (tertiary/aromatic N) is 1. The van der Waals surface area contributed by atoms with Gasteiger partial charge in [0.15, 0.2) is 0 Å². The molecule has 4 rings (SSSR count). The third kappa shape index (κ3) is 2.15. The third-order valence-corrected chi connectivity index (χ3v) is 5.84. The number of hydrogen-bond donors (Lipinski definition) is 0. The fourth-order valence-electron chi connectivity index (χ4n) is 4.47. The number of hydrogen-bond acceptors (Lipinski definition) is 2. The molecule has 3 heteroatoms. The van der Waals surface area contributed by atoms with Gasteiger partial charge in [-0.1, -0.05) is 0 Å². The van der Waals surface area contributed by atoms with E-state index in [1.807, 2.05) is 12.3 Å². The number of aromatic nitrogens is 1. The molecule has 0 bridgehead atoms. The molecule has 2 aliphatic carbocycles. The number of ketones is 1. The monoisotopic (exact) mass is 297 g/mol. The molecule has 1 aromatic carbocycles. The van der Waals surface area contributed by atoms with E-state index in [0.717, 1.165) is 43.0 Å². The van der Waals surface area contributed by atoms with Crippen LogP contribution in [0.2, 0.25) is 0 Å². The predicted molar refractivity (Wildman–Crippen MR) is 84.1 cm³/mol. The Hall–Kier alpha value is -1.77. The van der Waals surface area contributed by atoms with Crippen molar-refractivity contribution in [2.45, 2.75) is 44.9 Å². The topological polar surface area (TPSA) is 30.0 Å². The number of rotatable bonds is 2. The minimum Gasteiger partial charge on any atom is -0.300 e. The zero-order valence-corrected chi connectivity index (χ0v) is 12.8. The number of Topliss-reactive ketones (excluding diaryl/α,β-unsaturated/α-hetero) is 1. The molecule has 1 atom stereocenters. The molecule has 22 heavy (non-hydrogen) atoms. The van der Waals surface area contributed by atoms with E-state index < -0.39 is 0 Å². The van der Waals surface area contributed by atoms with E-state index in [-0.39, 0.29) is 5.82 Å². The molecule has 0 amide bonds. The SMILES string of the molecule is CC(=O)C1CC12CCC(c1ccnc3ccc(F)cc13)CC2. The molecule has 114 valence electrons. The lowest BCUT2D eigenvalue weighted by atomic mass is 9.75. The first-order valence-electron chi connectivity index (χ1n) is 8.14. The van der Waals surface area contributed by atoms with Gasteiger partial charge in [-0.25, -0.2) is 4.39 Å². The normalized spacial score (nSPS) is 30.6. The van der Waals surface area contributed by atoms with Crippen molar-refractivity contribution in [2.24, 2.45) is 11.3 Å². The average Bonchev–Trinajstić information content (AvgIpc) is 3.22. The Morgan fingerprint density at radius 2 is 2.05 bits per heavy atom. The molecular formula is C19H20FNO. The van der Waals surface area contributed by atoms with Gasteiger partial charge in [-0.2, -0.15) is 0 Å². The molecule has 2 nitrogen and oxygen atoms in total. The van der Waals surface area contributed by atoms with Gasteiger partial charge in [-0.05, 0) is 80.2 Å². The van der Waals surface area contributed by atoms with E-state index in [4.69, 9.17) is 0 Å². The van der Waals surface area contributed by atoms with E-state index in [9.17, 15) is 9.18 Å². The maximum absolute atomic E-state index is 13.6. The molecule has 2 saturated carbocycles. The summed E-state index contributed by atoms with van der Waals surface area (Å²) in [6.45, 7) is 1.73. The minimum absolute atomic E-state index is 0.201. The lowest BCUT2D eigenvalue weighted by molar-refractivity contribution is -0.119. The zero-order valence-electron chi connectivity index (χ0n) is 12.8. The van der Waals surface area contributed by atoms with Crippen molar-refractivity contribution in [2.75, 3.05) is 0 Å². The summed E-state index contributed by atoms with van der Waals surface area (Å²) in [5.74, 6) is 0.925. The van der Waals surface area contributed by atoms with Crippen LogP contribution in [0, 0.1) is 17.2 Å². The third-order valence-electron chi connectivity index (χ3n) is 5.84. The Balaban J connectivity index is 1.60. The van der Waals surface area contributed by atoms with Crippen LogP contribution in [-0.2, 0) is 4.79 Å². The summed E-state index contributed by atoms with van der Waals surface area (Å²) in [7, 11) is 0. The Morgan fingerprint density at radius 1 is 1.27 bits per heavy atom. The van der Waals surface area contributed by atoms with Gasteiger partial charge in [-0.15, -0.1) is 0 Å². The highest BCUT2D eigenvalue weighted by Crippen LogP contribution is 2.63. The molecule has 2 aromatic rings. The van der Waals surface area contributed by atoms with E-state index in [2.05, 4.69) is 4.98 Å². The van der Waals surface area contributed by atoms with E-state index in [0.29, 0.717) is 23.0 Å². The predicted octanol–water partition coefficient (Wildman–Crippen LogP) is 4.63. The minimum atomic E-state index is -0.201. The zero-order chi connectivity index (χ0) is 15.3. The number of pyridine rings is 1. The van der Waals surface area contributed by atoms with Gasteiger partial charge in [0.25, 0.3) is 0 Å². The molecule has 1 aromatic heterocycles. The molecule has 1 spiro atoms. The molecular weight excluding hydrogens is 277 g/mol. The number of benzene rings is 1. The van der Waals surface area contributed by atoms with Crippen LogP contribution in [0.3, 0.4) is 0 Å². The summed E-state index contributed by atoms with van der Waals surface area (Å²) in [4.78, 5) is 15.9. The van der Waals surface area contributed by atoms with Crippen LogP contribution in [0.25, 0.3) is 10.9 Å². The fraction of sp³-hybridized carbons (Fsp3) is 0.474. The number of fused-ring (bicyclic) bond motifs is 1. The van der Waals surface area contributed by atoms with Crippen LogP contribution >= 0.6 is 0 Å². The van der Waals surface area contributed by atoms with Crippen molar-refractivity contribution in [1.82, 2.24) is 4.98 Å². The Morgan fingerprint density at radius 3 is 2.73 bits per heavy atom. The number of carbonyl (C=O) groups is 1. The first kappa shape index (κ1) is 13.9. The molecule has 1 heterocycles. The number of carbonyl (C=O) groups excluding carboxylic acids is 1. The van der Waals surface area contributed by atoms with Crippen molar-refractivity contribution in [1.29, 1.82) is 0 Å². The summed E-state index contributed by atoms with van der Waals surface area (Å²) in [5, 5.41) is 0.947. The van der Waals surface area contributed by atoms with Gasteiger partial charge >= 0.3 is 0 Å². The highest BCUT2D eigenvalue weighted by molar-refractivity contribution is 5.83. The van der Waals surface area contributed by atoms with Crippen molar-refractivity contribution < 1.29 is 9.18 Å². The summed E-state index contributed by atoms with van der Waals surface area (Å²) < 4.78 is 13.6. The summed E-state index contributed by atoms with van der Waals surface area (Å²) in [6, 6.07) is 6.87. The van der Waals surface area contributed by atoms with Crippen molar-refractivity contribution in [3.8, 4) is 0 Å². The van der Waals surface area contributed by atoms with Crippen LogP contribution in [0.1, 0.15) is 50.5 Å². The maximum Gasteiger partial charge on any atom is 0.133 e. The first-order chi connectivity index (χ1) is 10.6. The van der Waals surface area contributed by atoms with E-state index in [1.54, 1.807) is 19.1 Å². The molecule has 0 saturated heterocycles. The second-order valence-electron chi connectivity index (χ2n) is 7.07. The van der Waals surface area contributed by atoms with Crippen LogP contribution in [0.15, 0.2) is 30.5 Å². The van der Waals surface area contributed by atoms with Crippen LogP contribution in [0.5, 0.6) is 0 Å². The second kappa shape index (κ2) is 4.87. The Kier molecular flexibility index (Phi) is 3.07. The Bertz CT molecular complexity index is 746. The van der Waals surface area contributed by atoms with E-state index in [1.165, 1.54) is 11.6 Å². The smallest absolute Gasteiger partial charge is 0.133 e. The molecule has 0 aliphatic heterocycles. The van der Waals surface area contributed by atoms with Crippen LogP contribution < -0.4 is 0 Å². The highest BCUT2D eigenvalue weighted by atomic mass is 19.1.